The van der Waals surface area contributed by atoms with Crippen molar-refractivity contribution in [2.75, 3.05) is 13.7 Å². The van der Waals surface area contributed by atoms with Gasteiger partial charge in [-0.25, -0.2) is 0 Å². The van der Waals surface area contributed by atoms with E-state index in [2.05, 4.69) is 32.2 Å². The maximum absolute atomic E-state index is 10.0. The molecule has 0 bridgehead atoms. The average Bonchev–Trinajstić information content (AvgIpc) is 2.59. The van der Waals surface area contributed by atoms with Crippen molar-refractivity contribution in [3.8, 4) is 0 Å². The first kappa shape index (κ1) is 21.5. The molecule has 0 aliphatic heterocycles. The molecule has 0 spiro atoms. The van der Waals surface area contributed by atoms with E-state index in [1.807, 2.05) is 18.2 Å². The Morgan fingerprint density at radius 2 is 1.75 bits per heavy atom. The van der Waals surface area contributed by atoms with Crippen molar-refractivity contribution in [2.24, 2.45) is 0 Å². The summed E-state index contributed by atoms with van der Waals surface area (Å²) in [6.45, 7) is 6.31. The molecular formula is C18H34O4Si2. The second-order valence-electron chi connectivity index (χ2n) is 6.94. The molecule has 2 unspecified atom stereocenters. The monoisotopic (exact) mass is 370 g/mol. The Morgan fingerprint density at radius 3 is 2.29 bits per heavy atom. The molecule has 2 N–H and O–H groups in total. The molecular weight excluding hydrogens is 336 g/mol. The molecule has 138 valence electrons. The highest BCUT2D eigenvalue weighted by molar-refractivity contribution is 6.91. The van der Waals surface area contributed by atoms with Crippen molar-refractivity contribution in [3.63, 3.8) is 0 Å². The van der Waals surface area contributed by atoms with E-state index in [9.17, 15) is 10.2 Å². The number of aliphatic hydroxyl groups excluding tert-OH is 2. The highest BCUT2D eigenvalue weighted by Gasteiger charge is 2.44. The van der Waals surface area contributed by atoms with Crippen molar-refractivity contribution in [3.05, 3.63) is 30.3 Å². The Balaban J connectivity index is 2.93. The summed E-state index contributed by atoms with van der Waals surface area (Å²) in [6, 6.07) is 11.6. The van der Waals surface area contributed by atoms with Gasteiger partial charge in [0.05, 0.1) is 12.7 Å². The lowest BCUT2D eigenvalue weighted by Gasteiger charge is -2.38. The van der Waals surface area contributed by atoms with E-state index in [0.717, 1.165) is 18.9 Å². The number of hydrogen-bond donors (Lipinski definition) is 2. The van der Waals surface area contributed by atoms with Crippen LogP contribution in [-0.2, 0) is 8.54 Å². The van der Waals surface area contributed by atoms with E-state index >= 15 is 0 Å². The molecule has 0 amide bonds. The first-order chi connectivity index (χ1) is 11.4. The minimum absolute atomic E-state index is 0.246. The first-order valence-corrected chi connectivity index (χ1v) is 14.1. The average molecular weight is 371 g/mol. The van der Waals surface area contributed by atoms with Gasteiger partial charge >= 0.3 is 8.56 Å². The Bertz CT molecular complexity index is 456. The molecule has 4 nitrogen and oxygen atoms in total. The van der Waals surface area contributed by atoms with E-state index in [1.54, 1.807) is 7.11 Å². The summed E-state index contributed by atoms with van der Waals surface area (Å²) in [5.41, 5.74) is 0. The molecule has 0 radical (unpaired) electrons. The van der Waals surface area contributed by atoms with Crippen LogP contribution in [-0.4, -0.2) is 46.9 Å². The molecule has 0 saturated carbocycles. The molecule has 0 fully saturated rings. The molecule has 0 heterocycles. The molecule has 2 atom stereocenters. The van der Waals surface area contributed by atoms with Crippen LogP contribution in [0.25, 0.3) is 0 Å². The number of rotatable bonds is 12. The van der Waals surface area contributed by atoms with E-state index in [0.29, 0.717) is 6.04 Å². The van der Waals surface area contributed by atoms with Gasteiger partial charge in [-0.05, 0) is 24.3 Å². The molecule has 0 aliphatic carbocycles. The zero-order valence-corrected chi connectivity index (χ0v) is 17.6. The normalized spacial score (nSPS) is 15.9. The lowest BCUT2D eigenvalue weighted by atomic mass is 10.2. The smallest absolute Gasteiger partial charge is 0.330 e. The summed E-state index contributed by atoms with van der Waals surface area (Å²) in [6.07, 6.45) is 3.82. The zero-order valence-electron chi connectivity index (χ0n) is 15.6. The quantitative estimate of drug-likeness (QED) is 0.438. The summed E-state index contributed by atoms with van der Waals surface area (Å²) in [4.78, 5) is 0. The van der Waals surface area contributed by atoms with Crippen LogP contribution in [0.5, 0.6) is 0 Å². The molecule has 1 aromatic rings. The second kappa shape index (κ2) is 10.5. The summed E-state index contributed by atoms with van der Waals surface area (Å²) in [5.74, 6) is 0. The van der Waals surface area contributed by atoms with Crippen LogP contribution in [0, 0.1) is 0 Å². The maximum Gasteiger partial charge on any atom is 0.330 e. The van der Waals surface area contributed by atoms with Crippen LogP contribution in [0.15, 0.2) is 30.3 Å². The highest BCUT2D eigenvalue weighted by Crippen LogP contribution is 2.27. The minimum atomic E-state index is -2.57. The van der Waals surface area contributed by atoms with Crippen LogP contribution >= 0.6 is 0 Å². The van der Waals surface area contributed by atoms with Crippen molar-refractivity contribution in [1.29, 1.82) is 0 Å². The van der Waals surface area contributed by atoms with E-state index in [1.165, 1.54) is 18.0 Å². The Hall–Kier alpha value is -0.506. The minimum Gasteiger partial charge on any atom is -0.432 e. The number of aliphatic hydroxyl groups is 2. The predicted molar refractivity (Wildman–Crippen MR) is 104 cm³/mol. The Morgan fingerprint density at radius 1 is 1.08 bits per heavy atom. The van der Waals surface area contributed by atoms with E-state index < -0.39 is 23.0 Å². The van der Waals surface area contributed by atoms with Crippen LogP contribution in [0.1, 0.15) is 32.6 Å². The zero-order chi connectivity index (χ0) is 18.1. The van der Waals surface area contributed by atoms with Crippen molar-refractivity contribution >= 4 is 22.1 Å². The van der Waals surface area contributed by atoms with Crippen molar-refractivity contribution < 1.29 is 18.8 Å². The molecule has 0 saturated heterocycles. The molecule has 24 heavy (non-hydrogen) atoms. The third-order valence-electron chi connectivity index (χ3n) is 4.45. The fraction of sp³-hybridized carbons (Fsp3) is 0.667. The van der Waals surface area contributed by atoms with Gasteiger partial charge in [-0.1, -0.05) is 62.9 Å². The largest absolute Gasteiger partial charge is 0.432 e. The topological polar surface area (TPSA) is 58.9 Å². The van der Waals surface area contributed by atoms with Crippen LogP contribution < -0.4 is 5.19 Å². The highest BCUT2D eigenvalue weighted by atomic mass is 28.4. The lowest BCUT2D eigenvalue weighted by Crippen LogP contribution is -2.57. The van der Waals surface area contributed by atoms with E-state index in [-0.39, 0.29) is 6.61 Å². The van der Waals surface area contributed by atoms with Gasteiger partial charge in [0.25, 0.3) is 0 Å². The summed E-state index contributed by atoms with van der Waals surface area (Å²) in [5, 5.41) is 20.6. The Labute approximate surface area is 149 Å². The lowest BCUT2D eigenvalue weighted by molar-refractivity contribution is 0.0999. The SMILES string of the molecule is CCCCCC[Si](CC(O)CO)(OC)O[Si](C)(C)c1ccccc1. The van der Waals surface area contributed by atoms with Crippen LogP contribution in [0.2, 0.25) is 25.2 Å². The maximum atomic E-state index is 10.0. The van der Waals surface area contributed by atoms with Crippen LogP contribution in [0.3, 0.4) is 0 Å². The van der Waals surface area contributed by atoms with Crippen molar-refractivity contribution in [2.45, 2.75) is 63.9 Å². The Kier molecular flexibility index (Phi) is 9.40. The molecule has 1 rings (SSSR count). The summed E-state index contributed by atoms with van der Waals surface area (Å²) in [7, 11) is -3.01. The van der Waals surface area contributed by atoms with Gasteiger partial charge in [0, 0.05) is 13.2 Å². The van der Waals surface area contributed by atoms with Gasteiger partial charge in [0.2, 0.25) is 8.32 Å². The first-order valence-electron chi connectivity index (χ1n) is 8.99. The number of unbranched alkanes of at least 4 members (excludes halogenated alkanes) is 3. The predicted octanol–water partition coefficient (Wildman–Crippen LogP) is 3.14. The fourth-order valence-electron chi connectivity index (χ4n) is 3.03. The standard InChI is InChI=1S/C18H34O4Si2/c1-5-6-7-11-14-24(21-2,16-17(20)15-19)22-23(3,4)18-12-9-8-10-13-18/h8-10,12-13,17,19-20H,5-7,11,14-16H2,1-4H3. The summed E-state index contributed by atoms with van der Waals surface area (Å²) >= 11 is 0. The molecule has 6 heteroatoms. The number of hydrogen-bond acceptors (Lipinski definition) is 4. The van der Waals surface area contributed by atoms with Gasteiger partial charge in [-0.3, -0.25) is 0 Å². The number of benzene rings is 1. The fourth-order valence-corrected chi connectivity index (χ4v) is 11.5. The van der Waals surface area contributed by atoms with Gasteiger partial charge < -0.3 is 18.8 Å². The molecule has 0 aromatic heterocycles. The van der Waals surface area contributed by atoms with Crippen molar-refractivity contribution in [1.82, 2.24) is 0 Å². The van der Waals surface area contributed by atoms with Gasteiger partial charge in [-0.15, -0.1) is 0 Å². The molecule has 0 aliphatic rings. The van der Waals surface area contributed by atoms with Gasteiger partial charge in [0.1, 0.15) is 0 Å². The van der Waals surface area contributed by atoms with E-state index in [4.69, 9.17) is 8.54 Å². The van der Waals surface area contributed by atoms with Gasteiger partial charge in [0.15, 0.2) is 0 Å². The third kappa shape index (κ3) is 6.78. The third-order valence-corrected chi connectivity index (χ3v) is 12.7. The molecule has 1 aromatic carbocycles. The second-order valence-corrected chi connectivity index (χ2v) is 14.5. The van der Waals surface area contributed by atoms with Gasteiger partial charge in [-0.2, -0.15) is 0 Å². The van der Waals surface area contributed by atoms with Crippen LogP contribution in [0.4, 0.5) is 0 Å². The summed E-state index contributed by atoms with van der Waals surface area (Å²) < 4.78 is 12.6.